The highest BCUT2D eigenvalue weighted by atomic mass is 79.9. The Morgan fingerprint density at radius 2 is 2.12 bits per heavy atom. The van der Waals surface area contributed by atoms with Crippen molar-refractivity contribution in [3.63, 3.8) is 0 Å². The van der Waals surface area contributed by atoms with Crippen LogP contribution < -0.4 is 10.5 Å². The van der Waals surface area contributed by atoms with Gasteiger partial charge in [0.05, 0.1) is 5.75 Å². The van der Waals surface area contributed by atoms with E-state index in [-0.39, 0.29) is 12.4 Å². The van der Waals surface area contributed by atoms with Crippen LogP contribution in [0.15, 0.2) is 22.7 Å². The predicted octanol–water partition coefficient (Wildman–Crippen LogP) is 1.33. The molecule has 0 aliphatic carbocycles. The van der Waals surface area contributed by atoms with Crippen LogP contribution in [-0.4, -0.2) is 27.0 Å². The van der Waals surface area contributed by atoms with Gasteiger partial charge in [0, 0.05) is 17.3 Å². The molecule has 0 unspecified atom stereocenters. The van der Waals surface area contributed by atoms with Crippen LogP contribution in [-0.2, 0) is 16.4 Å². The lowest BCUT2D eigenvalue weighted by molar-refractivity contribution is 0.340. The zero-order valence-electron chi connectivity index (χ0n) is 8.94. The molecule has 0 amide bonds. The summed E-state index contributed by atoms with van der Waals surface area (Å²) in [6.07, 6.45) is 1.18. The molecule has 0 fully saturated rings. The molecule has 1 rings (SSSR count). The van der Waals surface area contributed by atoms with E-state index in [0.717, 1.165) is 10.0 Å². The Kier molecular flexibility index (Phi) is 4.76. The minimum Gasteiger partial charge on any atom is -0.493 e. The summed E-state index contributed by atoms with van der Waals surface area (Å²) in [4.78, 5) is 0. The number of halogens is 1. The van der Waals surface area contributed by atoms with Crippen LogP contribution >= 0.6 is 15.9 Å². The first kappa shape index (κ1) is 13.5. The summed E-state index contributed by atoms with van der Waals surface area (Å²) in [5.74, 6) is 0.647. The van der Waals surface area contributed by atoms with Crippen molar-refractivity contribution in [3.8, 4) is 5.75 Å². The first-order valence-electron chi connectivity index (χ1n) is 4.71. The zero-order valence-corrected chi connectivity index (χ0v) is 11.3. The quantitative estimate of drug-likeness (QED) is 0.891. The fraction of sp³-hybridized carbons (Fsp3) is 0.400. The summed E-state index contributed by atoms with van der Waals surface area (Å²) < 4.78 is 28.0. The van der Waals surface area contributed by atoms with Gasteiger partial charge in [-0.3, -0.25) is 0 Å². The minimum absolute atomic E-state index is 0.0149. The van der Waals surface area contributed by atoms with E-state index < -0.39 is 9.84 Å². The largest absolute Gasteiger partial charge is 0.493 e. The topological polar surface area (TPSA) is 69.4 Å². The van der Waals surface area contributed by atoms with Crippen molar-refractivity contribution in [3.05, 3.63) is 28.2 Å². The molecule has 90 valence electrons. The van der Waals surface area contributed by atoms with Gasteiger partial charge in [0.15, 0.2) is 9.84 Å². The first-order valence-corrected chi connectivity index (χ1v) is 7.57. The molecular formula is C10H14BrNO3S. The van der Waals surface area contributed by atoms with Crippen molar-refractivity contribution in [1.82, 2.24) is 0 Å². The molecule has 0 atom stereocenters. The van der Waals surface area contributed by atoms with E-state index in [9.17, 15) is 8.42 Å². The molecule has 6 heteroatoms. The normalized spacial score (nSPS) is 11.4. The Morgan fingerprint density at radius 3 is 2.69 bits per heavy atom. The molecule has 0 saturated carbocycles. The van der Waals surface area contributed by atoms with Crippen molar-refractivity contribution >= 4 is 25.8 Å². The molecule has 1 aromatic carbocycles. The van der Waals surface area contributed by atoms with Crippen molar-refractivity contribution in [1.29, 1.82) is 0 Å². The molecule has 0 spiro atoms. The molecule has 0 saturated heterocycles. The average Bonchev–Trinajstić information content (AvgIpc) is 2.18. The third-order valence-electron chi connectivity index (χ3n) is 1.96. The standard InChI is InChI=1S/C10H14BrNO3S/c1-16(13,14)5-4-15-9-2-3-10(11)8(6-9)7-12/h2-3,6H,4-5,7,12H2,1H3. The van der Waals surface area contributed by atoms with Crippen molar-refractivity contribution in [2.24, 2.45) is 5.73 Å². The first-order chi connectivity index (χ1) is 7.42. The highest BCUT2D eigenvalue weighted by molar-refractivity contribution is 9.10. The Morgan fingerprint density at radius 1 is 1.44 bits per heavy atom. The smallest absolute Gasteiger partial charge is 0.150 e. The molecular weight excluding hydrogens is 294 g/mol. The van der Waals surface area contributed by atoms with Gasteiger partial charge in [0.1, 0.15) is 12.4 Å². The van der Waals surface area contributed by atoms with Gasteiger partial charge in [-0.05, 0) is 23.8 Å². The van der Waals surface area contributed by atoms with Gasteiger partial charge in [0.2, 0.25) is 0 Å². The molecule has 4 nitrogen and oxygen atoms in total. The average molecular weight is 308 g/mol. The van der Waals surface area contributed by atoms with E-state index >= 15 is 0 Å². The van der Waals surface area contributed by atoms with Crippen molar-refractivity contribution in [2.45, 2.75) is 6.54 Å². The van der Waals surface area contributed by atoms with E-state index in [0.29, 0.717) is 12.3 Å². The highest BCUT2D eigenvalue weighted by Gasteiger charge is 2.04. The molecule has 0 aliphatic heterocycles. The number of benzene rings is 1. The number of sulfone groups is 1. The highest BCUT2D eigenvalue weighted by Crippen LogP contribution is 2.22. The lowest BCUT2D eigenvalue weighted by Crippen LogP contribution is -2.12. The fourth-order valence-corrected chi connectivity index (χ4v) is 1.90. The number of rotatable bonds is 5. The molecule has 1 aromatic rings. The Labute approximate surface area is 104 Å². The number of nitrogens with two attached hydrogens (primary N) is 1. The summed E-state index contributed by atoms with van der Waals surface area (Å²) >= 11 is 3.36. The van der Waals surface area contributed by atoms with Crippen LogP contribution in [0.5, 0.6) is 5.75 Å². The van der Waals surface area contributed by atoms with Crippen LogP contribution in [0.1, 0.15) is 5.56 Å². The van der Waals surface area contributed by atoms with Crippen LogP contribution in [0.4, 0.5) is 0 Å². The molecule has 0 aromatic heterocycles. The second kappa shape index (κ2) is 5.65. The van der Waals surface area contributed by atoms with Gasteiger partial charge in [-0.2, -0.15) is 0 Å². The summed E-state index contributed by atoms with van der Waals surface area (Å²) in [6.45, 7) is 0.564. The van der Waals surface area contributed by atoms with E-state index in [1.54, 1.807) is 12.1 Å². The van der Waals surface area contributed by atoms with E-state index in [4.69, 9.17) is 10.5 Å². The third kappa shape index (κ3) is 4.51. The lowest BCUT2D eigenvalue weighted by Gasteiger charge is -2.08. The van der Waals surface area contributed by atoms with Crippen molar-refractivity contribution < 1.29 is 13.2 Å². The van der Waals surface area contributed by atoms with Gasteiger partial charge in [0.25, 0.3) is 0 Å². The summed E-state index contributed by atoms with van der Waals surface area (Å²) in [6, 6.07) is 5.40. The van der Waals surface area contributed by atoms with Crippen LogP contribution in [0.3, 0.4) is 0 Å². The van der Waals surface area contributed by atoms with Gasteiger partial charge in [-0.1, -0.05) is 15.9 Å². The van der Waals surface area contributed by atoms with Gasteiger partial charge in [-0.25, -0.2) is 8.42 Å². The molecule has 0 radical (unpaired) electrons. The zero-order chi connectivity index (χ0) is 12.2. The Hall–Kier alpha value is -0.590. The second-order valence-corrected chi connectivity index (χ2v) is 6.55. The lowest BCUT2D eigenvalue weighted by atomic mass is 10.2. The summed E-state index contributed by atoms with van der Waals surface area (Å²) in [5, 5.41) is 0. The molecule has 16 heavy (non-hydrogen) atoms. The second-order valence-electron chi connectivity index (χ2n) is 3.44. The minimum atomic E-state index is -2.98. The van der Waals surface area contributed by atoms with Crippen LogP contribution in [0.25, 0.3) is 0 Å². The fourth-order valence-electron chi connectivity index (χ4n) is 1.11. The maximum absolute atomic E-state index is 10.9. The van der Waals surface area contributed by atoms with Gasteiger partial charge in [-0.15, -0.1) is 0 Å². The van der Waals surface area contributed by atoms with Crippen LogP contribution in [0, 0.1) is 0 Å². The molecule has 0 heterocycles. The van der Waals surface area contributed by atoms with E-state index in [2.05, 4.69) is 15.9 Å². The summed E-state index contributed by atoms with van der Waals surface area (Å²) in [5.41, 5.74) is 6.46. The molecule has 2 N–H and O–H groups in total. The maximum Gasteiger partial charge on any atom is 0.150 e. The molecule has 0 aliphatic rings. The molecule has 0 bridgehead atoms. The van der Waals surface area contributed by atoms with Gasteiger partial charge >= 0.3 is 0 Å². The Balaban J connectivity index is 2.61. The number of hydrogen-bond donors (Lipinski definition) is 1. The van der Waals surface area contributed by atoms with E-state index in [1.165, 1.54) is 6.26 Å². The SMILES string of the molecule is CS(=O)(=O)CCOc1ccc(Br)c(CN)c1. The third-order valence-corrected chi connectivity index (χ3v) is 3.64. The maximum atomic E-state index is 10.9. The number of hydrogen-bond acceptors (Lipinski definition) is 4. The van der Waals surface area contributed by atoms with Crippen LogP contribution in [0.2, 0.25) is 0 Å². The monoisotopic (exact) mass is 307 g/mol. The Bertz CT molecular complexity index is 459. The van der Waals surface area contributed by atoms with E-state index in [1.807, 2.05) is 6.07 Å². The summed E-state index contributed by atoms with van der Waals surface area (Å²) in [7, 11) is -2.98. The number of ether oxygens (including phenoxy) is 1. The van der Waals surface area contributed by atoms with Gasteiger partial charge < -0.3 is 10.5 Å². The predicted molar refractivity (Wildman–Crippen MR) is 67.2 cm³/mol. The van der Waals surface area contributed by atoms with Crippen molar-refractivity contribution in [2.75, 3.05) is 18.6 Å².